The van der Waals surface area contributed by atoms with Crippen molar-refractivity contribution in [3.05, 3.63) is 66.2 Å². The zero-order chi connectivity index (χ0) is 25.8. The highest BCUT2D eigenvalue weighted by atomic mass is 16.7. The van der Waals surface area contributed by atoms with E-state index in [4.69, 9.17) is 9.47 Å². The first-order valence-electron chi connectivity index (χ1n) is 12.6. The van der Waals surface area contributed by atoms with Crippen molar-refractivity contribution in [1.82, 2.24) is 20.0 Å². The number of ether oxygens (including phenoxy) is 2. The summed E-state index contributed by atoms with van der Waals surface area (Å²) in [7, 11) is 0. The molecule has 3 aromatic rings. The van der Waals surface area contributed by atoms with Gasteiger partial charge >= 0.3 is 0 Å². The maximum Gasteiger partial charge on any atom is 0.242 e. The Balaban J connectivity index is 1.19. The second-order valence-electron chi connectivity index (χ2n) is 9.55. The number of carbonyl (C=O) groups excluding carboxylic acids is 2. The zero-order valence-electron chi connectivity index (χ0n) is 21.2. The van der Waals surface area contributed by atoms with Crippen molar-refractivity contribution in [1.29, 1.82) is 0 Å². The number of nitrogens with zero attached hydrogens (tertiary/aromatic N) is 5. The van der Waals surface area contributed by atoms with Crippen LogP contribution in [0.5, 0.6) is 11.5 Å². The fourth-order valence-electron chi connectivity index (χ4n) is 4.54. The number of amides is 2. The SMILES string of the molecule is CC(C)C(=O)N(CC(=O)N1CCN(c2ccc(-c3ccccc3)nn2)CC1)Cc1ccc2c(c1)OCO2. The molecular formula is C28H31N5O4. The molecule has 192 valence electrons. The van der Waals surface area contributed by atoms with Crippen molar-refractivity contribution in [3.63, 3.8) is 0 Å². The third-order valence-electron chi connectivity index (χ3n) is 6.62. The summed E-state index contributed by atoms with van der Waals surface area (Å²) in [5.41, 5.74) is 2.75. The van der Waals surface area contributed by atoms with Gasteiger partial charge in [0.05, 0.1) is 5.69 Å². The fraction of sp³-hybridized carbons (Fsp3) is 0.357. The smallest absolute Gasteiger partial charge is 0.242 e. The quantitative estimate of drug-likeness (QED) is 0.491. The van der Waals surface area contributed by atoms with E-state index in [2.05, 4.69) is 15.1 Å². The summed E-state index contributed by atoms with van der Waals surface area (Å²) < 4.78 is 10.8. The maximum atomic E-state index is 13.2. The number of hydrogen-bond donors (Lipinski definition) is 0. The van der Waals surface area contributed by atoms with Crippen LogP contribution in [0.4, 0.5) is 5.82 Å². The van der Waals surface area contributed by atoms with Crippen molar-refractivity contribution < 1.29 is 19.1 Å². The monoisotopic (exact) mass is 501 g/mol. The Bertz CT molecular complexity index is 1240. The topological polar surface area (TPSA) is 88.1 Å². The highest BCUT2D eigenvalue weighted by molar-refractivity contribution is 5.86. The minimum atomic E-state index is -0.212. The van der Waals surface area contributed by atoms with E-state index in [1.165, 1.54) is 0 Å². The first-order chi connectivity index (χ1) is 18.0. The van der Waals surface area contributed by atoms with Crippen molar-refractivity contribution in [2.24, 2.45) is 5.92 Å². The van der Waals surface area contributed by atoms with Crippen LogP contribution in [-0.4, -0.2) is 71.3 Å². The van der Waals surface area contributed by atoms with Crippen LogP contribution in [-0.2, 0) is 16.1 Å². The largest absolute Gasteiger partial charge is 0.454 e. The number of rotatable bonds is 7. The van der Waals surface area contributed by atoms with Crippen LogP contribution in [0.25, 0.3) is 11.3 Å². The molecule has 0 aliphatic carbocycles. The van der Waals surface area contributed by atoms with Crippen molar-refractivity contribution in [3.8, 4) is 22.8 Å². The molecule has 2 aromatic carbocycles. The van der Waals surface area contributed by atoms with Gasteiger partial charge < -0.3 is 24.2 Å². The average Bonchev–Trinajstić information content (AvgIpc) is 3.41. The van der Waals surface area contributed by atoms with E-state index < -0.39 is 0 Å². The summed E-state index contributed by atoms with van der Waals surface area (Å²) in [6.45, 7) is 6.71. The minimum Gasteiger partial charge on any atom is -0.454 e. The Hall–Kier alpha value is -4.14. The molecule has 0 atom stereocenters. The molecule has 0 bridgehead atoms. The van der Waals surface area contributed by atoms with E-state index in [9.17, 15) is 9.59 Å². The molecule has 0 radical (unpaired) electrons. The Kier molecular flexibility index (Phi) is 7.20. The van der Waals surface area contributed by atoms with E-state index in [0.29, 0.717) is 44.2 Å². The summed E-state index contributed by atoms with van der Waals surface area (Å²) in [4.78, 5) is 31.7. The Labute approximate surface area is 216 Å². The molecule has 9 nitrogen and oxygen atoms in total. The average molecular weight is 502 g/mol. The molecule has 2 aliphatic rings. The molecule has 3 heterocycles. The molecule has 1 aromatic heterocycles. The standard InChI is InChI=1S/C28H31N5O4/c1-20(2)28(35)33(17-21-8-10-24-25(16-21)37-19-36-24)18-27(34)32-14-12-31(13-15-32)26-11-9-23(29-30-26)22-6-4-3-5-7-22/h3-11,16,20H,12-15,17-19H2,1-2H3. The van der Waals surface area contributed by atoms with Gasteiger partial charge in [0.15, 0.2) is 17.3 Å². The van der Waals surface area contributed by atoms with Gasteiger partial charge in [0.1, 0.15) is 6.54 Å². The number of anilines is 1. The highest BCUT2D eigenvalue weighted by Crippen LogP contribution is 2.33. The highest BCUT2D eigenvalue weighted by Gasteiger charge is 2.27. The molecule has 2 aliphatic heterocycles. The van der Waals surface area contributed by atoms with Gasteiger partial charge in [-0.2, -0.15) is 0 Å². The second kappa shape index (κ2) is 10.9. The van der Waals surface area contributed by atoms with Crippen molar-refractivity contribution in [2.75, 3.05) is 44.4 Å². The predicted molar refractivity (Wildman–Crippen MR) is 139 cm³/mol. The maximum absolute atomic E-state index is 13.2. The lowest BCUT2D eigenvalue weighted by Gasteiger charge is -2.36. The van der Waals surface area contributed by atoms with E-state index in [1.54, 1.807) is 4.90 Å². The van der Waals surface area contributed by atoms with E-state index in [-0.39, 0.29) is 31.1 Å². The summed E-state index contributed by atoms with van der Waals surface area (Å²) >= 11 is 0. The van der Waals surface area contributed by atoms with Gasteiger partial charge in [0.25, 0.3) is 0 Å². The van der Waals surface area contributed by atoms with Crippen molar-refractivity contribution in [2.45, 2.75) is 20.4 Å². The van der Waals surface area contributed by atoms with Crippen LogP contribution >= 0.6 is 0 Å². The molecule has 0 N–H and O–H groups in total. The first kappa shape index (κ1) is 24.5. The van der Waals surface area contributed by atoms with Gasteiger partial charge in [-0.25, -0.2) is 0 Å². The Morgan fingerprint density at radius 2 is 1.68 bits per heavy atom. The van der Waals surface area contributed by atoms with Gasteiger partial charge in [0.2, 0.25) is 18.6 Å². The molecule has 0 saturated carbocycles. The van der Waals surface area contributed by atoms with Crippen molar-refractivity contribution >= 4 is 17.6 Å². The lowest BCUT2D eigenvalue weighted by molar-refractivity contribution is -0.143. The summed E-state index contributed by atoms with van der Waals surface area (Å²) in [6, 6.07) is 19.5. The number of benzene rings is 2. The number of piperazine rings is 1. The lowest BCUT2D eigenvalue weighted by atomic mass is 10.1. The molecule has 2 amide bonds. The van der Waals surface area contributed by atoms with Crippen LogP contribution in [0.1, 0.15) is 19.4 Å². The minimum absolute atomic E-state index is 0.0387. The third-order valence-corrected chi connectivity index (χ3v) is 6.62. The summed E-state index contributed by atoms with van der Waals surface area (Å²) in [5, 5.41) is 8.79. The molecule has 1 saturated heterocycles. The fourth-order valence-corrected chi connectivity index (χ4v) is 4.54. The van der Waals surface area contributed by atoms with Gasteiger partial charge in [-0.3, -0.25) is 9.59 Å². The number of hydrogen-bond acceptors (Lipinski definition) is 7. The normalized spacial score (nSPS) is 14.7. The van der Waals surface area contributed by atoms with Crippen LogP contribution in [0.2, 0.25) is 0 Å². The number of aromatic nitrogens is 2. The first-order valence-corrected chi connectivity index (χ1v) is 12.6. The molecule has 37 heavy (non-hydrogen) atoms. The van der Waals surface area contributed by atoms with Gasteiger partial charge in [-0.15, -0.1) is 10.2 Å². The summed E-state index contributed by atoms with van der Waals surface area (Å²) in [6.07, 6.45) is 0. The third kappa shape index (κ3) is 5.66. The number of fused-ring (bicyclic) bond motifs is 1. The van der Waals surface area contributed by atoms with Crippen LogP contribution in [0.15, 0.2) is 60.7 Å². The number of carbonyl (C=O) groups is 2. The van der Waals surface area contributed by atoms with E-state index >= 15 is 0 Å². The van der Waals surface area contributed by atoms with Crippen LogP contribution < -0.4 is 14.4 Å². The van der Waals surface area contributed by atoms with E-state index in [0.717, 1.165) is 22.6 Å². The summed E-state index contributed by atoms with van der Waals surface area (Å²) in [5.74, 6) is 1.83. The van der Waals surface area contributed by atoms with Gasteiger partial charge in [0, 0.05) is 44.2 Å². The van der Waals surface area contributed by atoms with Gasteiger partial charge in [-0.05, 0) is 29.8 Å². The molecule has 0 spiro atoms. The molecule has 1 fully saturated rings. The Morgan fingerprint density at radius 1 is 0.919 bits per heavy atom. The molecule has 5 rings (SSSR count). The predicted octanol–water partition coefficient (Wildman–Crippen LogP) is 3.21. The molecule has 0 unspecified atom stereocenters. The molecule has 9 heteroatoms. The zero-order valence-corrected chi connectivity index (χ0v) is 21.2. The lowest BCUT2D eigenvalue weighted by Crippen LogP contribution is -2.52. The second-order valence-corrected chi connectivity index (χ2v) is 9.55. The van der Waals surface area contributed by atoms with Crippen LogP contribution in [0.3, 0.4) is 0 Å². The van der Waals surface area contributed by atoms with Gasteiger partial charge in [-0.1, -0.05) is 50.2 Å². The Morgan fingerprint density at radius 3 is 2.38 bits per heavy atom. The molecular weight excluding hydrogens is 470 g/mol. The van der Waals surface area contributed by atoms with Crippen LogP contribution in [0, 0.1) is 5.92 Å². The van der Waals surface area contributed by atoms with E-state index in [1.807, 2.05) is 79.4 Å².